The van der Waals surface area contributed by atoms with Crippen LogP contribution in [0.5, 0.6) is 5.75 Å². The highest BCUT2D eigenvalue weighted by molar-refractivity contribution is 14.1. The Morgan fingerprint density at radius 1 is 1.15 bits per heavy atom. The van der Waals surface area contributed by atoms with E-state index in [9.17, 15) is 0 Å². The summed E-state index contributed by atoms with van der Waals surface area (Å²) in [4.78, 5) is 1.67. The van der Waals surface area contributed by atoms with E-state index in [1.807, 2.05) is 12.1 Å². The van der Waals surface area contributed by atoms with E-state index in [1.165, 1.54) is 16.5 Å². The van der Waals surface area contributed by atoms with Crippen molar-refractivity contribution in [3.8, 4) is 5.75 Å². The largest absolute Gasteiger partial charge is 0.494 e. The molecule has 0 aliphatic carbocycles. The summed E-state index contributed by atoms with van der Waals surface area (Å²) in [5, 5.41) is 0. The van der Waals surface area contributed by atoms with Gasteiger partial charge in [0.05, 0.1) is 13.2 Å². The highest BCUT2D eigenvalue weighted by Crippen LogP contribution is 2.13. The van der Waals surface area contributed by atoms with Gasteiger partial charge in [-0.05, 0) is 73.5 Å². The van der Waals surface area contributed by atoms with Gasteiger partial charge in [0.25, 0.3) is 0 Å². The van der Waals surface area contributed by atoms with Gasteiger partial charge < -0.3 is 14.4 Å². The van der Waals surface area contributed by atoms with Crippen molar-refractivity contribution in [2.45, 2.75) is 38.9 Å². The average molecular weight is 390 g/mol. The molecule has 112 valence electrons. The third-order valence-electron chi connectivity index (χ3n) is 3.62. The zero-order chi connectivity index (χ0) is 14.4. The molecule has 0 bridgehead atoms. The lowest BCUT2D eigenvalue weighted by Gasteiger charge is -2.32. The minimum Gasteiger partial charge on any atom is -0.494 e. The van der Waals surface area contributed by atoms with Crippen molar-refractivity contribution in [1.82, 2.24) is 0 Å². The van der Waals surface area contributed by atoms with Gasteiger partial charge in [0.1, 0.15) is 31.0 Å². The van der Waals surface area contributed by atoms with Crippen molar-refractivity contribution in [3.05, 3.63) is 27.8 Å². The third kappa shape index (κ3) is 5.58. The van der Waals surface area contributed by atoms with Gasteiger partial charge in [-0.3, -0.25) is 0 Å². The molecular formula is C16H25INO2+. The van der Waals surface area contributed by atoms with Gasteiger partial charge in [0.15, 0.2) is 0 Å². The van der Waals surface area contributed by atoms with Gasteiger partial charge in [-0.15, -0.1) is 0 Å². The van der Waals surface area contributed by atoms with E-state index in [0.29, 0.717) is 12.2 Å². The fraction of sp³-hybridized carbons (Fsp3) is 0.625. The summed E-state index contributed by atoms with van der Waals surface area (Å²) in [6, 6.07) is 8.24. The normalized spacial score (nSPS) is 26.4. The zero-order valence-corrected chi connectivity index (χ0v) is 14.6. The molecule has 0 radical (unpaired) electrons. The van der Waals surface area contributed by atoms with Gasteiger partial charge in [-0.25, -0.2) is 0 Å². The highest BCUT2D eigenvalue weighted by atomic mass is 127. The smallest absolute Gasteiger partial charge is 0.119 e. The summed E-state index contributed by atoms with van der Waals surface area (Å²) < 4.78 is 12.8. The first-order chi connectivity index (χ1) is 9.63. The molecule has 1 aromatic rings. The van der Waals surface area contributed by atoms with Crippen molar-refractivity contribution in [2.24, 2.45) is 0 Å². The van der Waals surface area contributed by atoms with Crippen LogP contribution in [0.1, 0.15) is 26.7 Å². The molecule has 1 aliphatic heterocycles. The van der Waals surface area contributed by atoms with E-state index in [2.05, 4.69) is 48.6 Å². The fourth-order valence-corrected chi connectivity index (χ4v) is 3.15. The van der Waals surface area contributed by atoms with Gasteiger partial charge >= 0.3 is 0 Å². The summed E-state index contributed by atoms with van der Waals surface area (Å²) in [5.41, 5.74) is 0. The predicted molar refractivity (Wildman–Crippen MR) is 89.5 cm³/mol. The van der Waals surface area contributed by atoms with E-state index in [-0.39, 0.29) is 0 Å². The number of morpholine rings is 1. The molecule has 0 aromatic heterocycles. The number of nitrogens with one attached hydrogen (secondary N) is 1. The molecule has 0 saturated carbocycles. The molecule has 4 heteroatoms. The molecule has 1 N–H and O–H groups in total. The second-order valence-electron chi connectivity index (χ2n) is 5.68. The minimum atomic E-state index is 0.400. The number of unbranched alkanes of at least 4 members (excludes halogenated alkanes) is 1. The van der Waals surface area contributed by atoms with Crippen LogP contribution in [0.15, 0.2) is 24.3 Å². The Balaban J connectivity index is 1.58. The lowest BCUT2D eigenvalue weighted by atomic mass is 10.2. The highest BCUT2D eigenvalue weighted by Gasteiger charge is 2.24. The van der Waals surface area contributed by atoms with E-state index in [0.717, 1.165) is 31.9 Å². The molecule has 1 aromatic carbocycles. The van der Waals surface area contributed by atoms with Crippen molar-refractivity contribution in [1.29, 1.82) is 0 Å². The minimum absolute atomic E-state index is 0.400. The second-order valence-corrected chi connectivity index (χ2v) is 6.92. The van der Waals surface area contributed by atoms with Crippen LogP contribution in [-0.2, 0) is 4.74 Å². The Morgan fingerprint density at radius 2 is 1.80 bits per heavy atom. The molecule has 2 rings (SSSR count). The molecule has 20 heavy (non-hydrogen) atoms. The molecule has 1 saturated heterocycles. The van der Waals surface area contributed by atoms with E-state index in [4.69, 9.17) is 9.47 Å². The summed E-state index contributed by atoms with van der Waals surface area (Å²) in [7, 11) is 0. The SMILES string of the molecule is C[C@H]1C[NH+](CCCCOc2ccc(I)cc2)C[C@H](C)O1. The van der Waals surface area contributed by atoms with Crippen LogP contribution in [0, 0.1) is 3.57 Å². The first kappa shape index (κ1) is 16.0. The molecule has 0 spiro atoms. The molecule has 1 aliphatic rings. The van der Waals surface area contributed by atoms with Crippen LogP contribution in [0.25, 0.3) is 0 Å². The Bertz CT molecular complexity index is 386. The Kier molecular flexibility index (Phi) is 6.58. The average Bonchev–Trinajstić information content (AvgIpc) is 2.39. The van der Waals surface area contributed by atoms with Gasteiger partial charge in [-0.2, -0.15) is 0 Å². The summed E-state index contributed by atoms with van der Waals surface area (Å²) in [6.07, 6.45) is 3.15. The van der Waals surface area contributed by atoms with Crippen molar-refractivity contribution >= 4 is 22.6 Å². The maximum atomic E-state index is 5.77. The van der Waals surface area contributed by atoms with Gasteiger partial charge in [-0.1, -0.05) is 0 Å². The van der Waals surface area contributed by atoms with E-state index >= 15 is 0 Å². The second kappa shape index (κ2) is 8.20. The van der Waals surface area contributed by atoms with Gasteiger partial charge in [0.2, 0.25) is 0 Å². The number of benzene rings is 1. The number of hydrogen-bond donors (Lipinski definition) is 1. The molecule has 2 atom stereocenters. The standard InChI is InChI=1S/C16H24INO2/c1-13-11-18(12-14(2)20-13)9-3-4-10-19-16-7-5-15(17)6-8-16/h5-8,13-14H,3-4,9-12H2,1-2H3/p+1/t13-,14-/m0/s1. The Morgan fingerprint density at radius 3 is 2.45 bits per heavy atom. The molecule has 1 fully saturated rings. The number of quaternary nitrogens is 1. The monoisotopic (exact) mass is 390 g/mol. The quantitative estimate of drug-likeness (QED) is 0.594. The number of rotatable bonds is 6. The topological polar surface area (TPSA) is 22.9 Å². The maximum Gasteiger partial charge on any atom is 0.119 e. The number of hydrogen-bond acceptors (Lipinski definition) is 2. The van der Waals surface area contributed by atoms with Crippen LogP contribution < -0.4 is 9.64 Å². The Labute approximate surface area is 135 Å². The maximum absolute atomic E-state index is 5.77. The summed E-state index contributed by atoms with van der Waals surface area (Å²) in [6.45, 7) is 8.68. The molecular weight excluding hydrogens is 365 g/mol. The predicted octanol–water partition coefficient (Wildman–Crippen LogP) is 2.14. The van der Waals surface area contributed by atoms with Crippen LogP contribution in [0.2, 0.25) is 0 Å². The van der Waals surface area contributed by atoms with Crippen LogP contribution in [0.4, 0.5) is 0 Å². The molecule has 0 amide bonds. The fourth-order valence-electron chi connectivity index (χ4n) is 2.79. The van der Waals surface area contributed by atoms with E-state index in [1.54, 1.807) is 4.90 Å². The van der Waals surface area contributed by atoms with Crippen LogP contribution in [0.3, 0.4) is 0 Å². The molecule has 1 heterocycles. The molecule has 3 nitrogen and oxygen atoms in total. The Hall–Kier alpha value is -0.330. The van der Waals surface area contributed by atoms with Crippen molar-refractivity contribution in [2.75, 3.05) is 26.2 Å². The third-order valence-corrected chi connectivity index (χ3v) is 4.34. The van der Waals surface area contributed by atoms with Crippen molar-refractivity contribution in [3.63, 3.8) is 0 Å². The number of halogens is 1. The van der Waals surface area contributed by atoms with E-state index < -0.39 is 0 Å². The van der Waals surface area contributed by atoms with Crippen molar-refractivity contribution < 1.29 is 14.4 Å². The van der Waals surface area contributed by atoms with Crippen LogP contribution in [-0.4, -0.2) is 38.4 Å². The number of ether oxygens (including phenoxy) is 2. The molecule has 0 unspecified atom stereocenters. The lowest BCUT2D eigenvalue weighted by Crippen LogP contribution is -3.15. The van der Waals surface area contributed by atoms with Crippen LogP contribution >= 0.6 is 22.6 Å². The summed E-state index contributed by atoms with van der Waals surface area (Å²) in [5.74, 6) is 0.978. The first-order valence-electron chi connectivity index (χ1n) is 7.51. The summed E-state index contributed by atoms with van der Waals surface area (Å²) >= 11 is 2.31. The lowest BCUT2D eigenvalue weighted by molar-refractivity contribution is -0.915. The van der Waals surface area contributed by atoms with Gasteiger partial charge in [0, 0.05) is 3.57 Å². The zero-order valence-electron chi connectivity index (χ0n) is 12.4. The first-order valence-corrected chi connectivity index (χ1v) is 8.59.